The molecule has 4 rings (SSSR count). The van der Waals surface area contributed by atoms with Crippen molar-refractivity contribution in [2.75, 3.05) is 0 Å². The number of benzene rings is 3. The Morgan fingerprint density at radius 2 is 1.12 bits per heavy atom. The van der Waals surface area contributed by atoms with E-state index in [1.54, 1.807) is 36.4 Å². The minimum Gasteiger partial charge on any atom is -0.419 e. The zero-order chi connectivity index (χ0) is 16.5. The number of ether oxygens (including phenoxy) is 2. The number of hydrogen-bond acceptors (Lipinski definition) is 4. The fraction of sp³-hybridized carbons (Fsp3) is 0. The molecule has 1 aliphatic heterocycles. The summed E-state index contributed by atoms with van der Waals surface area (Å²) >= 11 is 0. The van der Waals surface area contributed by atoms with E-state index < -0.39 is 11.9 Å². The van der Waals surface area contributed by atoms with Crippen LogP contribution in [0.25, 0.3) is 11.1 Å². The van der Waals surface area contributed by atoms with E-state index in [0.717, 1.165) is 5.56 Å². The Kier molecular flexibility index (Phi) is 3.35. The number of carbonyl (C=O) groups excluding carboxylic acids is 2. The lowest BCUT2D eigenvalue weighted by molar-refractivity contribution is 0.0649. The minimum atomic E-state index is -0.577. The van der Waals surface area contributed by atoms with Crippen molar-refractivity contribution in [2.45, 2.75) is 0 Å². The first-order valence-corrected chi connectivity index (χ1v) is 7.46. The maximum Gasteiger partial charge on any atom is 0.344 e. The van der Waals surface area contributed by atoms with Gasteiger partial charge in [-0.3, -0.25) is 0 Å². The van der Waals surface area contributed by atoms with Gasteiger partial charge in [0.05, 0.1) is 11.1 Å². The van der Waals surface area contributed by atoms with Gasteiger partial charge in [0, 0.05) is 5.56 Å². The second kappa shape index (κ2) is 5.66. The van der Waals surface area contributed by atoms with Crippen LogP contribution in [0.1, 0.15) is 20.7 Å². The number of fused-ring (bicyclic) bond motifs is 2. The Bertz CT molecular complexity index is 945. The van der Waals surface area contributed by atoms with Crippen LogP contribution in [0.2, 0.25) is 0 Å². The van der Waals surface area contributed by atoms with E-state index in [1.807, 2.05) is 36.4 Å². The number of hydrogen-bond donors (Lipinski definition) is 0. The summed E-state index contributed by atoms with van der Waals surface area (Å²) in [5.74, 6) is -0.679. The smallest absolute Gasteiger partial charge is 0.344 e. The van der Waals surface area contributed by atoms with Gasteiger partial charge in [0.1, 0.15) is 0 Å². The van der Waals surface area contributed by atoms with Gasteiger partial charge >= 0.3 is 11.9 Å². The first kappa shape index (κ1) is 14.2. The van der Waals surface area contributed by atoms with Crippen molar-refractivity contribution in [3.63, 3.8) is 0 Å². The van der Waals surface area contributed by atoms with Crippen molar-refractivity contribution in [3.05, 3.63) is 83.9 Å². The number of para-hydroxylation sites is 1. The average Bonchev–Trinajstić information content (AvgIpc) is 2.62. The molecule has 24 heavy (non-hydrogen) atoms. The van der Waals surface area contributed by atoms with E-state index >= 15 is 0 Å². The first-order valence-electron chi connectivity index (χ1n) is 7.46. The molecule has 1 aliphatic rings. The second-order valence-electron chi connectivity index (χ2n) is 5.32. The van der Waals surface area contributed by atoms with Crippen molar-refractivity contribution >= 4 is 11.9 Å². The third-order valence-electron chi connectivity index (χ3n) is 3.83. The van der Waals surface area contributed by atoms with Gasteiger partial charge in [-0.15, -0.1) is 0 Å². The quantitative estimate of drug-likeness (QED) is 0.501. The molecule has 0 spiro atoms. The average molecular weight is 316 g/mol. The fourth-order valence-corrected chi connectivity index (χ4v) is 2.69. The lowest BCUT2D eigenvalue weighted by Gasteiger charge is -2.18. The van der Waals surface area contributed by atoms with Gasteiger partial charge in [-0.1, -0.05) is 54.6 Å². The molecule has 1 heterocycles. The molecule has 116 valence electrons. The zero-order valence-electron chi connectivity index (χ0n) is 12.6. The Morgan fingerprint density at radius 3 is 1.83 bits per heavy atom. The van der Waals surface area contributed by atoms with Crippen LogP contribution >= 0.6 is 0 Å². The van der Waals surface area contributed by atoms with Crippen LogP contribution in [-0.2, 0) is 0 Å². The van der Waals surface area contributed by atoms with Gasteiger partial charge in [-0.05, 0) is 23.8 Å². The van der Waals surface area contributed by atoms with Crippen molar-refractivity contribution in [1.82, 2.24) is 0 Å². The molecule has 0 aromatic heterocycles. The summed E-state index contributed by atoms with van der Waals surface area (Å²) in [5.41, 5.74) is 1.94. The molecular weight excluding hydrogens is 304 g/mol. The summed E-state index contributed by atoms with van der Waals surface area (Å²) in [6.07, 6.45) is 0. The van der Waals surface area contributed by atoms with Gasteiger partial charge in [0.2, 0.25) is 0 Å². The van der Waals surface area contributed by atoms with Crippen molar-refractivity contribution in [2.24, 2.45) is 0 Å². The van der Waals surface area contributed by atoms with Crippen LogP contribution in [0.4, 0.5) is 0 Å². The van der Waals surface area contributed by atoms with Crippen LogP contribution < -0.4 is 9.47 Å². The topological polar surface area (TPSA) is 52.6 Å². The number of rotatable bonds is 1. The molecule has 0 amide bonds. The van der Waals surface area contributed by atoms with E-state index in [1.165, 1.54) is 0 Å². The molecule has 0 atom stereocenters. The molecule has 0 saturated carbocycles. The highest BCUT2D eigenvalue weighted by molar-refractivity contribution is 6.06. The highest BCUT2D eigenvalue weighted by Gasteiger charge is 2.27. The van der Waals surface area contributed by atoms with E-state index in [2.05, 4.69) is 0 Å². The molecule has 0 N–H and O–H groups in total. The van der Waals surface area contributed by atoms with Gasteiger partial charge < -0.3 is 9.47 Å². The largest absolute Gasteiger partial charge is 0.419 e. The van der Waals surface area contributed by atoms with Crippen LogP contribution in [0.3, 0.4) is 0 Å². The van der Waals surface area contributed by atoms with Gasteiger partial charge in [-0.2, -0.15) is 0 Å². The van der Waals surface area contributed by atoms with E-state index in [-0.39, 0.29) is 22.6 Å². The molecule has 4 heteroatoms. The van der Waals surface area contributed by atoms with Crippen molar-refractivity contribution < 1.29 is 19.1 Å². The monoisotopic (exact) mass is 316 g/mol. The molecular formula is C20H12O4. The highest BCUT2D eigenvalue weighted by atomic mass is 16.6. The molecule has 0 aliphatic carbocycles. The highest BCUT2D eigenvalue weighted by Crippen LogP contribution is 2.40. The van der Waals surface area contributed by atoms with Gasteiger partial charge in [-0.25, -0.2) is 9.59 Å². The standard InChI is InChI=1S/C20H12O4/c21-19-15-9-4-5-10-16(15)20(22)24-18-14(11-6-12-17(18)23-19)13-7-2-1-3-8-13/h1-12H. The summed E-state index contributed by atoms with van der Waals surface area (Å²) in [6.45, 7) is 0. The van der Waals surface area contributed by atoms with Crippen LogP contribution in [0.5, 0.6) is 11.5 Å². The molecule has 0 unspecified atom stereocenters. The molecule has 3 aromatic rings. The SMILES string of the molecule is O=C1Oc2cccc(-c3ccccc3)c2OC(=O)c2ccccc21. The molecule has 0 fully saturated rings. The summed E-state index contributed by atoms with van der Waals surface area (Å²) in [4.78, 5) is 24.9. The first-order chi connectivity index (χ1) is 11.7. The van der Waals surface area contributed by atoms with Crippen molar-refractivity contribution in [3.8, 4) is 22.6 Å². The lowest BCUT2D eigenvalue weighted by Crippen LogP contribution is -2.21. The van der Waals surface area contributed by atoms with E-state index in [9.17, 15) is 9.59 Å². The van der Waals surface area contributed by atoms with Crippen LogP contribution in [0.15, 0.2) is 72.8 Å². The zero-order valence-corrected chi connectivity index (χ0v) is 12.6. The second-order valence-corrected chi connectivity index (χ2v) is 5.32. The van der Waals surface area contributed by atoms with E-state index in [0.29, 0.717) is 5.56 Å². The molecule has 4 nitrogen and oxygen atoms in total. The third-order valence-corrected chi connectivity index (χ3v) is 3.83. The van der Waals surface area contributed by atoms with Gasteiger partial charge in [0.25, 0.3) is 0 Å². The Hall–Kier alpha value is -3.40. The molecule has 0 saturated heterocycles. The molecule has 0 bridgehead atoms. The van der Waals surface area contributed by atoms with E-state index in [4.69, 9.17) is 9.47 Å². The maximum atomic E-state index is 12.5. The predicted molar refractivity (Wildman–Crippen MR) is 88.2 cm³/mol. The normalized spacial score (nSPS) is 13.0. The van der Waals surface area contributed by atoms with Crippen LogP contribution in [0, 0.1) is 0 Å². The molecule has 3 aromatic carbocycles. The van der Waals surface area contributed by atoms with Gasteiger partial charge in [0.15, 0.2) is 11.5 Å². The minimum absolute atomic E-state index is 0.191. The Balaban J connectivity index is 1.89. The van der Waals surface area contributed by atoms with Crippen molar-refractivity contribution in [1.29, 1.82) is 0 Å². The number of esters is 2. The number of carbonyl (C=O) groups is 2. The summed E-state index contributed by atoms with van der Waals surface area (Å²) in [5, 5.41) is 0. The fourth-order valence-electron chi connectivity index (χ4n) is 2.69. The maximum absolute atomic E-state index is 12.5. The summed E-state index contributed by atoms with van der Waals surface area (Å²) < 4.78 is 11.0. The summed E-state index contributed by atoms with van der Waals surface area (Å²) in [7, 11) is 0. The van der Waals surface area contributed by atoms with Crippen LogP contribution in [-0.4, -0.2) is 11.9 Å². The molecule has 0 radical (unpaired) electrons. The Morgan fingerprint density at radius 1 is 0.542 bits per heavy atom. The lowest BCUT2D eigenvalue weighted by atomic mass is 10.0. The third kappa shape index (κ3) is 2.34. The predicted octanol–water partition coefficient (Wildman–Crippen LogP) is 4.11. The summed E-state index contributed by atoms with van der Waals surface area (Å²) in [6, 6.07) is 21.1. The Labute approximate surface area is 138 Å².